The molecule has 4 nitrogen and oxygen atoms in total. The van der Waals surface area contributed by atoms with Gasteiger partial charge in [-0.25, -0.2) is 0 Å². The predicted octanol–water partition coefficient (Wildman–Crippen LogP) is 4.19. The fraction of sp³-hybridized carbons (Fsp3) is 0.300. The van der Waals surface area contributed by atoms with Crippen molar-refractivity contribution in [3.05, 3.63) is 59.7 Å². The van der Waals surface area contributed by atoms with Crippen molar-refractivity contribution in [1.82, 2.24) is 0 Å². The van der Waals surface area contributed by atoms with Crippen molar-refractivity contribution in [2.75, 3.05) is 14.2 Å². The van der Waals surface area contributed by atoms with E-state index < -0.39 is 0 Å². The van der Waals surface area contributed by atoms with E-state index in [0.717, 1.165) is 0 Å². The number of ether oxygens (including phenoxy) is 2. The molecule has 4 heteroatoms. The molecule has 0 radical (unpaired) electrons. The highest BCUT2D eigenvalue weighted by Gasteiger charge is 2.20. The average Bonchev–Trinajstić information content (AvgIpc) is 2.64. The van der Waals surface area contributed by atoms with Crippen molar-refractivity contribution in [1.29, 1.82) is 0 Å². The second-order valence-corrected chi connectivity index (χ2v) is 5.63. The molecule has 0 aliphatic rings. The highest BCUT2D eigenvalue weighted by molar-refractivity contribution is 6.01. The third-order valence-corrected chi connectivity index (χ3v) is 4.03. The van der Waals surface area contributed by atoms with Gasteiger partial charge in [-0.15, -0.1) is 0 Å². The topological polar surface area (TPSA) is 52.6 Å². The Hall–Kier alpha value is -2.62. The van der Waals surface area contributed by atoms with E-state index in [1.165, 1.54) is 0 Å². The Kier molecular flexibility index (Phi) is 6.13. The molecule has 0 spiro atoms. The van der Waals surface area contributed by atoms with Crippen molar-refractivity contribution < 1.29 is 19.1 Å². The first kappa shape index (κ1) is 17.7. The zero-order valence-corrected chi connectivity index (χ0v) is 14.2. The van der Waals surface area contributed by atoms with Crippen molar-refractivity contribution in [3.8, 4) is 11.5 Å². The lowest BCUT2D eigenvalue weighted by atomic mass is 9.92. The maximum absolute atomic E-state index is 12.6. The first-order chi connectivity index (χ1) is 11.6. The van der Waals surface area contributed by atoms with Crippen LogP contribution in [0.2, 0.25) is 0 Å². The van der Waals surface area contributed by atoms with Gasteiger partial charge >= 0.3 is 0 Å². The van der Waals surface area contributed by atoms with Crippen LogP contribution in [0, 0.1) is 5.92 Å². The second kappa shape index (κ2) is 8.29. The summed E-state index contributed by atoms with van der Waals surface area (Å²) in [6.45, 7) is 1.84. The molecule has 0 aliphatic heterocycles. The van der Waals surface area contributed by atoms with Gasteiger partial charge in [-0.3, -0.25) is 9.59 Å². The number of methoxy groups -OCH3 is 2. The highest BCUT2D eigenvalue weighted by Crippen LogP contribution is 2.25. The van der Waals surface area contributed by atoms with Crippen LogP contribution in [0.1, 0.15) is 40.5 Å². The summed E-state index contributed by atoms with van der Waals surface area (Å²) in [6, 6.07) is 14.3. The third-order valence-electron chi connectivity index (χ3n) is 4.03. The molecule has 0 N–H and O–H groups in total. The molecule has 0 saturated heterocycles. The van der Waals surface area contributed by atoms with Gasteiger partial charge in [0.25, 0.3) is 0 Å². The van der Waals surface area contributed by atoms with Gasteiger partial charge in [-0.2, -0.15) is 0 Å². The highest BCUT2D eigenvalue weighted by atomic mass is 16.5. The monoisotopic (exact) mass is 326 g/mol. The van der Waals surface area contributed by atoms with Gasteiger partial charge in [0.15, 0.2) is 11.6 Å². The molecule has 0 aliphatic carbocycles. The van der Waals surface area contributed by atoms with Gasteiger partial charge in [-0.1, -0.05) is 31.2 Å². The molecule has 2 rings (SSSR count). The maximum atomic E-state index is 12.6. The Labute approximate surface area is 142 Å². The summed E-state index contributed by atoms with van der Waals surface area (Å²) in [5.41, 5.74) is 1.11. The molecule has 2 aromatic carbocycles. The largest absolute Gasteiger partial charge is 0.496 e. The fourth-order valence-electron chi connectivity index (χ4n) is 2.60. The maximum Gasteiger partial charge on any atom is 0.169 e. The molecule has 0 bridgehead atoms. The quantitative estimate of drug-likeness (QED) is 0.683. The van der Waals surface area contributed by atoms with Gasteiger partial charge in [-0.05, 0) is 30.7 Å². The molecule has 0 aromatic heterocycles. The Bertz CT molecular complexity index is 721. The first-order valence-electron chi connectivity index (χ1n) is 7.92. The van der Waals surface area contributed by atoms with Crippen LogP contribution in [0.5, 0.6) is 11.5 Å². The van der Waals surface area contributed by atoms with Crippen LogP contribution >= 0.6 is 0 Å². The van der Waals surface area contributed by atoms with Gasteiger partial charge < -0.3 is 9.47 Å². The lowest BCUT2D eigenvalue weighted by Crippen LogP contribution is -2.14. The number of hydrogen-bond acceptors (Lipinski definition) is 4. The summed E-state index contributed by atoms with van der Waals surface area (Å²) < 4.78 is 10.5. The first-order valence-corrected chi connectivity index (χ1v) is 7.92. The Balaban J connectivity index is 2.03. The number of rotatable bonds is 8. The molecule has 1 atom stereocenters. The van der Waals surface area contributed by atoms with E-state index in [4.69, 9.17) is 9.47 Å². The standard InChI is InChI=1S/C20H22O4/c1-14(20(22)16-9-5-7-11-19(16)24-3)12-13-17(21)15-8-4-6-10-18(15)23-2/h4-11,14H,12-13H2,1-3H3. The fourth-order valence-corrected chi connectivity index (χ4v) is 2.60. The number of carbonyl (C=O) groups is 2. The smallest absolute Gasteiger partial charge is 0.169 e. The second-order valence-electron chi connectivity index (χ2n) is 5.63. The lowest BCUT2D eigenvalue weighted by Gasteiger charge is -2.13. The molecule has 126 valence electrons. The van der Waals surface area contributed by atoms with Crippen LogP contribution in [0.15, 0.2) is 48.5 Å². The number of benzene rings is 2. The average molecular weight is 326 g/mol. The minimum absolute atomic E-state index is 0.0136. The predicted molar refractivity (Wildman–Crippen MR) is 93.0 cm³/mol. The van der Waals surface area contributed by atoms with Gasteiger partial charge in [0.05, 0.1) is 25.3 Å². The molecule has 0 saturated carbocycles. The SMILES string of the molecule is COc1ccccc1C(=O)CCC(C)C(=O)c1ccccc1OC. The summed E-state index contributed by atoms with van der Waals surface area (Å²) in [4.78, 5) is 25.0. The minimum Gasteiger partial charge on any atom is -0.496 e. The number of ketones is 2. The van der Waals surface area contributed by atoms with E-state index in [-0.39, 0.29) is 17.5 Å². The van der Waals surface area contributed by atoms with Crippen LogP contribution in [0.4, 0.5) is 0 Å². The van der Waals surface area contributed by atoms with Crippen LogP contribution in [-0.4, -0.2) is 25.8 Å². The lowest BCUT2D eigenvalue weighted by molar-refractivity contribution is 0.0904. The van der Waals surface area contributed by atoms with Crippen molar-refractivity contribution >= 4 is 11.6 Å². The summed E-state index contributed by atoms with van der Waals surface area (Å²) in [5, 5.41) is 0. The zero-order valence-electron chi connectivity index (χ0n) is 14.2. The summed E-state index contributed by atoms with van der Waals surface area (Å²) >= 11 is 0. The Morgan fingerprint density at radius 3 is 1.96 bits per heavy atom. The number of para-hydroxylation sites is 2. The van der Waals surface area contributed by atoms with Gasteiger partial charge in [0.1, 0.15) is 11.5 Å². The van der Waals surface area contributed by atoms with Crippen molar-refractivity contribution in [2.45, 2.75) is 19.8 Å². The van der Waals surface area contributed by atoms with Crippen molar-refractivity contribution in [2.24, 2.45) is 5.92 Å². The molecule has 0 fully saturated rings. The normalized spacial score (nSPS) is 11.6. The van der Waals surface area contributed by atoms with E-state index in [1.807, 2.05) is 25.1 Å². The van der Waals surface area contributed by atoms with E-state index in [9.17, 15) is 9.59 Å². The Morgan fingerprint density at radius 1 is 0.875 bits per heavy atom. The van der Waals surface area contributed by atoms with Crippen LogP contribution in [0.3, 0.4) is 0 Å². The minimum atomic E-state index is -0.264. The van der Waals surface area contributed by atoms with E-state index in [2.05, 4.69) is 0 Å². The summed E-state index contributed by atoms with van der Waals surface area (Å²) in [6.07, 6.45) is 0.774. The van der Waals surface area contributed by atoms with E-state index >= 15 is 0 Å². The van der Waals surface area contributed by atoms with Crippen LogP contribution in [0.25, 0.3) is 0 Å². The molecule has 24 heavy (non-hydrogen) atoms. The zero-order chi connectivity index (χ0) is 17.5. The number of Topliss-reactive ketones (excluding diaryl/α,β-unsaturated/α-hetero) is 2. The summed E-state index contributed by atoms with van der Waals surface area (Å²) in [7, 11) is 3.09. The van der Waals surface area contributed by atoms with E-state index in [1.54, 1.807) is 44.6 Å². The number of carbonyl (C=O) groups excluding carboxylic acids is 2. The third kappa shape index (κ3) is 4.02. The molecule has 2 aromatic rings. The van der Waals surface area contributed by atoms with Crippen molar-refractivity contribution in [3.63, 3.8) is 0 Å². The molecule has 0 heterocycles. The van der Waals surface area contributed by atoms with E-state index in [0.29, 0.717) is 35.5 Å². The number of hydrogen-bond donors (Lipinski definition) is 0. The molecular formula is C20H22O4. The summed E-state index contributed by atoms with van der Waals surface area (Å²) in [5.74, 6) is 0.823. The molecule has 0 amide bonds. The van der Waals surface area contributed by atoms with Crippen LogP contribution in [-0.2, 0) is 0 Å². The van der Waals surface area contributed by atoms with Gasteiger partial charge in [0, 0.05) is 12.3 Å². The molecule has 1 unspecified atom stereocenters. The van der Waals surface area contributed by atoms with Gasteiger partial charge in [0.2, 0.25) is 0 Å². The molecular weight excluding hydrogens is 304 g/mol. The Morgan fingerprint density at radius 2 is 1.38 bits per heavy atom. The van der Waals surface area contributed by atoms with Crippen LogP contribution < -0.4 is 9.47 Å².